The maximum absolute atomic E-state index is 12.8. The molecule has 2 aromatic carbocycles. The van der Waals surface area contributed by atoms with Crippen molar-refractivity contribution in [1.82, 2.24) is 25.1 Å². The summed E-state index contributed by atoms with van der Waals surface area (Å²) < 4.78 is 1.57. The average Bonchev–Trinajstić information content (AvgIpc) is 3.18. The maximum atomic E-state index is 12.8. The van der Waals surface area contributed by atoms with E-state index in [9.17, 15) is 4.79 Å². The molecule has 1 aromatic heterocycles. The molecule has 0 aliphatic carbocycles. The second kappa shape index (κ2) is 12.1. The van der Waals surface area contributed by atoms with Crippen molar-refractivity contribution in [3.63, 3.8) is 0 Å². The lowest BCUT2D eigenvalue weighted by atomic mass is 10.1. The topological polar surface area (TPSA) is 139 Å². The fourth-order valence-electron chi connectivity index (χ4n) is 2.40. The average molecular weight is 443 g/mol. The third-order valence-electron chi connectivity index (χ3n) is 3.87. The number of aromatic nitrogens is 4. The molecule has 0 saturated heterocycles. The summed E-state index contributed by atoms with van der Waals surface area (Å²) in [6, 6.07) is 20.0. The molecule has 162 valence electrons. The molecule has 0 saturated carbocycles. The van der Waals surface area contributed by atoms with Crippen LogP contribution in [-0.2, 0) is 34.5 Å². The molecule has 0 radical (unpaired) electrons. The van der Waals surface area contributed by atoms with E-state index in [1.807, 2.05) is 65.6 Å². The second-order valence-corrected chi connectivity index (χ2v) is 7.15. The van der Waals surface area contributed by atoms with Gasteiger partial charge >= 0.3 is 11.9 Å². The number of rotatable bonds is 7. The summed E-state index contributed by atoms with van der Waals surface area (Å²) in [4.78, 5) is 32.8. The lowest BCUT2D eigenvalue weighted by Crippen LogP contribution is -2.31. The van der Waals surface area contributed by atoms with Crippen LogP contribution in [0.4, 0.5) is 0 Å². The quantitative estimate of drug-likeness (QED) is 0.412. The fourth-order valence-corrected chi connectivity index (χ4v) is 3.15. The van der Waals surface area contributed by atoms with Crippen LogP contribution in [0.2, 0.25) is 0 Å². The summed E-state index contributed by atoms with van der Waals surface area (Å²) in [7, 11) is 1.76. The molecule has 0 spiro atoms. The van der Waals surface area contributed by atoms with Gasteiger partial charge in [-0.2, -0.15) is 0 Å². The largest absolute Gasteiger partial charge is 0.473 e. The Morgan fingerprint density at radius 1 is 0.903 bits per heavy atom. The monoisotopic (exact) mass is 443 g/mol. The van der Waals surface area contributed by atoms with E-state index in [0.29, 0.717) is 24.0 Å². The normalized spacial score (nSPS) is 9.97. The van der Waals surface area contributed by atoms with Gasteiger partial charge in [0.05, 0.1) is 5.75 Å². The van der Waals surface area contributed by atoms with Crippen molar-refractivity contribution in [1.29, 1.82) is 0 Å². The highest BCUT2D eigenvalue weighted by Gasteiger charge is 2.16. The molecule has 0 fully saturated rings. The Morgan fingerprint density at radius 2 is 1.39 bits per heavy atom. The summed E-state index contributed by atoms with van der Waals surface area (Å²) in [6.07, 6.45) is 0. The highest BCUT2D eigenvalue weighted by atomic mass is 32.2. The zero-order chi connectivity index (χ0) is 22.6. The van der Waals surface area contributed by atoms with E-state index in [1.54, 1.807) is 11.7 Å². The van der Waals surface area contributed by atoms with E-state index in [-0.39, 0.29) is 5.91 Å². The Morgan fingerprint density at radius 3 is 1.77 bits per heavy atom. The molecule has 0 atom stereocenters. The number of nitrogens with zero attached hydrogens (tertiary/aromatic N) is 5. The van der Waals surface area contributed by atoms with Gasteiger partial charge in [-0.15, -0.1) is 5.10 Å². The molecule has 2 N–H and O–H groups in total. The minimum atomic E-state index is -1.82. The third kappa shape index (κ3) is 8.26. The van der Waals surface area contributed by atoms with E-state index in [0.717, 1.165) is 11.1 Å². The van der Waals surface area contributed by atoms with E-state index in [2.05, 4.69) is 15.5 Å². The number of carbonyl (C=O) groups excluding carboxylic acids is 1. The minimum Gasteiger partial charge on any atom is -0.473 e. The molecule has 11 heteroatoms. The zero-order valence-electron chi connectivity index (χ0n) is 16.7. The van der Waals surface area contributed by atoms with Gasteiger partial charge in [0, 0.05) is 20.1 Å². The van der Waals surface area contributed by atoms with Gasteiger partial charge in [-0.3, -0.25) is 4.79 Å². The summed E-state index contributed by atoms with van der Waals surface area (Å²) in [6.45, 7) is 1.15. The van der Waals surface area contributed by atoms with Gasteiger partial charge in [-0.05, 0) is 21.6 Å². The molecule has 0 unspecified atom stereocenters. The van der Waals surface area contributed by atoms with Crippen molar-refractivity contribution < 1.29 is 24.6 Å². The molecule has 0 bridgehead atoms. The van der Waals surface area contributed by atoms with Crippen LogP contribution < -0.4 is 0 Å². The van der Waals surface area contributed by atoms with Crippen molar-refractivity contribution in [2.75, 3.05) is 5.75 Å². The van der Waals surface area contributed by atoms with Gasteiger partial charge in [0.25, 0.3) is 0 Å². The van der Waals surface area contributed by atoms with Crippen LogP contribution in [-0.4, -0.2) is 58.9 Å². The Bertz CT molecular complexity index is 944. The molecule has 0 aliphatic heterocycles. The van der Waals surface area contributed by atoms with Gasteiger partial charge in [0.2, 0.25) is 11.1 Å². The number of amides is 1. The van der Waals surface area contributed by atoms with E-state index in [4.69, 9.17) is 19.8 Å². The number of hydrogen-bond acceptors (Lipinski definition) is 7. The number of thioether (sulfide) groups is 1. The van der Waals surface area contributed by atoms with E-state index in [1.165, 1.54) is 11.8 Å². The summed E-state index contributed by atoms with van der Waals surface area (Å²) >= 11 is 1.35. The Kier molecular flexibility index (Phi) is 9.17. The fraction of sp³-hybridized carbons (Fsp3) is 0.200. The molecule has 1 amide bonds. The van der Waals surface area contributed by atoms with Crippen LogP contribution >= 0.6 is 11.8 Å². The molecule has 1 heterocycles. The lowest BCUT2D eigenvalue weighted by Gasteiger charge is -2.23. The van der Waals surface area contributed by atoms with Crippen LogP contribution in [0.15, 0.2) is 65.8 Å². The molecule has 3 aromatic rings. The standard InChI is InChI=1S/C18H19N5OS.C2H2O4/c1-22-18(19-20-21-22)25-14-17(24)23(12-15-8-4-2-5-9-15)13-16-10-6-3-7-11-16;3-1(4)2(5)6/h2-11H,12-14H2,1H3;(H,3,4)(H,5,6). The molecule has 31 heavy (non-hydrogen) atoms. The number of carboxylic acid groups (broad SMARTS) is 2. The molecular weight excluding hydrogens is 422 g/mol. The Hall–Kier alpha value is -3.73. The molecule has 10 nitrogen and oxygen atoms in total. The van der Waals surface area contributed by atoms with Crippen molar-refractivity contribution in [2.45, 2.75) is 18.2 Å². The van der Waals surface area contributed by atoms with E-state index < -0.39 is 11.9 Å². The van der Waals surface area contributed by atoms with Crippen molar-refractivity contribution >= 4 is 29.6 Å². The second-order valence-electron chi connectivity index (χ2n) is 6.21. The number of hydrogen-bond donors (Lipinski definition) is 2. The first kappa shape index (κ1) is 23.5. The van der Waals surface area contributed by atoms with Gasteiger partial charge in [-0.25, -0.2) is 14.3 Å². The zero-order valence-corrected chi connectivity index (χ0v) is 17.5. The number of benzene rings is 2. The highest BCUT2D eigenvalue weighted by molar-refractivity contribution is 7.99. The smallest absolute Gasteiger partial charge is 0.414 e. The van der Waals surface area contributed by atoms with Crippen LogP contribution in [0, 0.1) is 0 Å². The minimum absolute atomic E-state index is 0.0562. The summed E-state index contributed by atoms with van der Waals surface area (Å²) in [5.41, 5.74) is 2.22. The number of aryl methyl sites for hydroxylation is 1. The molecular formula is C20H21N5O5S. The van der Waals surface area contributed by atoms with Crippen molar-refractivity contribution in [3.05, 3.63) is 71.8 Å². The number of carboxylic acids is 2. The van der Waals surface area contributed by atoms with Gasteiger partial charge in [0.1, 0.15) is 0 Å². The lowest BCUT2D eigenvalue weighted by molar-refractivity contribution is -0.159. The first-order chi connectivity index (χ1) is 14.9. The first-order valence-corrected chi connectivity index (χ1v) is 10.0. The van der Waals surface area contributed by atoms with Crippen LogP contribution in [0.1, 0.15) is 11.1 Å². The molecule has 0 aliphatic rings. The van der Waals surface area contributed by atoms with E-state index >= 15 is 0 Å². The van der Waals surface area contributed by atoms with Crippen LogP contribution in [0.3, 0.4) is 0 Å². The maximum Gasteiger partial charge on any atom is 0.414 e. The van der Waals surface area contributed by atoms with Gasteiger partial charge < -0.3 is 15.1 Å². The predicted octanol–water partition coefficient (Wildman–Crippen LogP) is 1.69. The SMILES string of the molecule is Cn1nnnc1SCC(=O)N(Cc1ccccc1)Cc1ccccc1.O=C(O)C(=O)O. The summed E-state index contributed by atoms with van der Waals surface area (Å²) in [5.74, 6) is -3.29. The van der Waals surface area contributed by atoms with Crippen molar-refractivity contribution in [3.8, 4) is 0 Å². The Labute approximate surface area is 182 Å². The van der Waals surface area contributed by atoms with Gasteiger partial charge in [0.15, 0.2) is 0 Å². The number of carbonyl (C=O) groups is 3. The summed E-state index contributed by atoms with van der Waals surface area (Å²) in [5, 5.41) is 26.7. The highest BCUT2D eigenvalue weighted by Crippen LogP contribution is 2.16. The first-order valence-electron chi connectivity index (χ1n) is 9.03. The third-order valence-corrected chi connectivity index (χ3v) is 4.87. The Balaban J connectivity index is 0.000000501. The predicted molar refractivity (Wildman–Crippen MR) is 112 cm³/mol. The van der Waals surface area contributed by atoms with Gasteiger partial charge in [-0.1, -0.05) is 72.4 Å². The van der Waals surface area contributed by atoms with Crippen LogP contribution in [0.25, 0.3) is 0 Å². The molecule has 3 rings (SSSR count). The number of tetrazole rings is 1. The van der Waals surface area contributed by atoms with Crippen LogP contribution in [0.5, 0.6) is 0 Å². The van der Waals surface area contributed by atoms with Crippen molar-refractivity contribution in [2.24, 2.45) is 7.05 Å². The number of aliphatic carboxylic acids is 2.